The number of nitrogens with two attached hydrogens (primary N) is 1. The summed E-state index contributed by atoms with van der Waals surface area (Å²) in [6.07, 6.45) is 1.66. The van der Waals surface area contributed by atoms with Crippen molar-refractivity contribution >= 4 is 27.5 Å². The fraction of sp³-hybridized carbons (Fsp3) is 0.462. The summed E-state index contributed by atoms with van der Waals surface area (Å²) in [5, 5.41) is 7.34. The Labute approximate surface area is 128 Å². The first-order valence-electron chi connectivity index (χ1n) is 6.43. The number of nitrogens with one attached hydrogen (secondary N) is 1. The van der Waals surface area contributed by atoms with E-state index in [2.05, 4.69) is 19.2 Å². The lowest BCUT2D eigenvalue weighted by Crippen LogP contribution is -2.27. The molecule has 5 nitrogen and oxygen atoms in total. The molecule has 0 saturated carbocycles. The highest BCUT2D eigenvalue weighted by atomic mass is 35.5. The van der Waals surface area contributed by atoms with Crippen molar-refractivity contribution < 1.29 is 17.6 Å². The average Bonchev–Trinajstić information content (AvgIpc) is 2.35. The van der Waals surface area contributed by atoms with Crippen LogP contribution in [0.5, 0.6) is 0 Å². The normalized spacial score (nSPS) is 11.7. The zero-order chi connectivity index (χ0) is 16.2. The molecule has 0 radical (unpaired) electrons. The molecule has 0 fully saturated rings. The van der Waals surface area contributed by atoms with Crippen molar-refractivity contribution in [2.24, 2.45) is 11.1 Å². The number of hydrogen-bond donors (Lipinski definition) is 2. The summed E-state index contributed by atoms with van der Waals surface area (Å²) >= 11 is 5.71. The largest absolute Gasteiger partial charge is 0.352 e. The van der Waals surface area contributed by atoms with Gasteiger partial charge in [0.1, 0.15) is 4.90 Å². The Kier molecular flexibility index (Phi) is 6.12. The lowest BCUT2D eigenvalue weighted by molar-refractivity contribution is 0.0948. The molecule has 0 spiro atoms. The van der Waals surface area contributed by atoms with Crippen LogP contribution in [0, 0.1) is 11.7 Å². The fourth-order valence-electron chi connectivity index (χ4n) is 1.74. The quantitative estimate of drug-likeness (QED) is 0.781. The number of carbonyl (C=O) groups excluding carboxylic acids is 1. The first-order chi connectivity index (χ1) is 9.62. The maximum atomic E-state index is 14.1. The molecule has 8 heteroatoms. The number of hydrogen-bond acceptors (Lipinski definition) is 3. The van der Waals surface area contributed by atoms with Gasteiger partial charge in [0.25, 0.3) is 5.91 Å². The molecular weight excluding hydrogens is 319 g/mol. The van der Waals surface area contributed by atoms with Gasteiger partial charge in [-0.25, -0.2) is 17.9 Å². The molecule has 0 bridgehead atoms. The summed E-state index contributed by atoms with van der Waals surface area (Å²) in [7, 11) is -4.29. The smallest absolute Gasteiger partial charge is 0.254 e. The van der Waals surface area contributed by atoms with E-state index in [1.54, 1.807) is 0 Å². The summed E-state index contributed by atoms with van der Waals surface area (Å²) in [5.41, 5.74) is -0.434. The topological polar surface area (TPSA) is 89.3 Å². The van der Waals surface area contributed by atoms with Crippen LogP contribution >= 0.6 is 11.6 Å². The minimum Gasteiger partial charge on any atom is -0.352 e. The zero-order valence-electron chi connectivity index (χ0n) is 11.8. The number of carbonyl (C=O) groups is 1. The van der Waals surface area contributed by atoms with Crippen molar-refractivity contribution in [3.05, 3.63) is 28.5 Å². The maximum absolute atomic E-state index is 14.1. The molecule has 0 aliphatic rings. The second-order valence-corrected chi connectivity index (χ2v) is 7.07. The van der Waals surface area contributed by atoms with E-state index in [1.807, 2.05) is 0 Å². The zero-order valence-corrected chi connectivity index (χ0v) is 13.4. The highest BCUT2D eigenvalue weighted by molar-refractivity contribution is 7.89. The van der Waals surface area contributed by atoms with Crippen LogP contribution < -0.4 is 10.5 Å². The van der Waals surface area contributed by atoms with Gasteiger partial charge < -0.3 is 5.32 Å². The second-order valence-electron chi connectivity index (χ2n) is 5.10. The van der Waals surface area contributed by atoms with Gasteiger partial charge in [-0.2, -0.15) is 0 Å². The number of halogens is 2. The van der Waals surface area contributed by atoms with Crippen LogP contribution in [-0.4, -0.2) is 20.9 Å². The molecule has 0 unspecified atom stereocenters. The minimum atomic E-state index is -4.29. The number of benzene rings is 1. The van der Waals surface area contributed by atoms with Crippen molar-refractivity contribution in [1.29, 1.82) is 0 Å². The number of rotatable bonds is 6. The van der Waals surface area contributed by atoms with E-state index in [9.17, 15) is 17.6 Å². The molecule has 1 aromatic rings. The van der Waals surface area contributed by atoms with Gasteiger partial charge in [0, 0.05) is 11.6 Å². The minimum absolute atomic E-state index is 0.0762. The first-order valence-corrected chi connectivity index (χ1v) is 8.35. The summed E-state index contributed by atoms with van der Waals surface area (Å²) in [4.78, 5) is 11.1. The molecule has 0 aromatic heterocycles. The maximum Gasteiger partial charge on any atom is 0.254 e. The molecule has 21 heavy (non-hydrogen) atoms. The summed E-state index contributed by atoms with van der Waals surface area (Å²) in [6.45, 7) is 4.47. The Bertz CT molecular complexity index is 633. The SMILES string of the molecule is CC(C)CCCNC(=O)c1cc(Cl)cc(S(N)(=O)=O)c1F. The summed E-state index contributed by atoms with van der Waals surface area (Å²) in [5.74, 6) is -1.41. The van der Waals surface area contributed by atoms with Crippen molar-refractivity contribution in [2.45, 2.75) is 31.6 Å². The van der Waals surface area contributed by atoms with Gasteiger partial charge in [0.05, 0.1) is 5.56 Å². The van der Waals surface area contributed by atoms with Crippen molar-refractivity contribution in [1.82, 2.24) is 5.32 Å². The van der Waals surface area contributed by atoms with E-state index in [-0.39, 0.29) is 5.02 Å². The van der Waals surface area contributed by atoms with Crippen molar-refractivity contribution in [3.8, 4) is 0 Å². The standard InChI is InChI=1S/C13H18ClFN2O3S/c1-8(2)4-3-5-17-13(18)10-6-9(14)7-11(12(10)15)21(16,19)20/h6-8H,3-5H2,1-2H3,(H,17,18)(H2,16,19,20). The number of primary sulfonamides is 1. The molecule has 0 atom stereocenters. The van der Waals surface area contributed by atoms with Gasteiger partial charge >= 0.3 is 0 Å². The third kappa shape index (κ3) is 5.26. The predicted octanol–water partition coefficient (Wildman–Crippen LogP) is 2.29. The molecule has 0 aliphatic heterocycles. The Morgan fingerprint density at radius 2 is 2.05 bits per heavy atom. The van der Waals surface area contributed by atoms with Gasteiger partial charge in [-0.1, -0.05) is 25.4 Å². The second kappa shape index (κ2) is 7.20. The lowest BCUT2D eigenvalue weighted by atomic mass is 10.1. The number of sulfonamides is 1. The van der Waals surface area contributed by atoms with Gasteiger partial charge in [-0.05, 0) is 30.9 Å². The highest BCUT2D eigenvalue weighted by Crippen LogP contribution is 2.23. The van der Waals surface area contributed by atoms with Gasteiger partial charge in [0.2, 0.25) is 10.0 Å². The van der Waals surface area contributed by atoms with Crippen LogP contribution in [0.2, 0.25) is 5.02 Å². The molecule has 0 aliphatic carbocycles. The van der Waals surface area contributed by atoms with Crippen LogP contribution in [0.15, 0.2) is 17.0 Å². The van der Waals surface area contributed by atoms with E-state index in [1.165, 1.54) is 0 Å². The molecule has 0 saturated heterocycles. The Morgan fingerprint density at radius 3 is 2.57 bits per heavy atom. The van der Waals surface area contributed by atoms with Crippen LogP contribution in [0.1, 0.15) is 37.0 Å². The van der Waals surface area contributed by atoms with Crippen molar-refractivity contribution in [2.75, 3.05) is 6.54 Å². The molecule has 3 N–H and O–H groups in total. The van der Waals surface area contributed by atoms with Crippen molar-refractivity contribution in [3.63, 3.8) is 0 Å². The fourth-order valence-corrected chi connectivity index (χ4v) is 2.68. The third-order valence-electron chi connectivity index (χ3n) is 2.80. The van der Waals surface area contributed by atoms with Crippen LogP contribution in [0.4, 0.5) is 4.39 Å². The van der Waals surface area contributed by atoms with Gasteiger partial charge in [-0.3, -0.25) is 4.79 Å². The van der Waals surface area contributed by atoms with E-state index in [4.69, 9.17) is 16.7 Å². The molecule has 118 valence electrons. The molecule has 1 amide bonds. The van der Waals surface area contributed by atoms with Gasteiger partial charge in [-0.15, -0.1) is 0 Å². The van der Waals surface area contributed by atoms with E-state index >= 15 is 0 Å². The monoisotopic (exact) mass is 336 g/mol. The third-order valence-corrected chi connectivity index (χ3v) is 3.93. The Morgan fingerprint density at radius 1 is 1.43 bits per heavy atom. The lowest BCUT2D eigenvalue weighted by Gasteiger charge is -2.10. The van der Waals surface area contributed by atoms with Crippen LogP contribution in [0.25, 0.3) is 0 Å². The summed E-state index contributed by atoms with van der Waals surface area (Å²) < 4.78 is 36.6. The molecular formula is C13H18ClFN2O3S. The highest BCUT2D eigenvalue weighted by Gasteiger charge is 2.22. The summed E-state index contributed by atoms with van der Waals surface area (Å²) in [6, 6.07) is 1.95. The molecule has 1 rings (SSSR count). The average molecular weight is 337 g/mol. The molecule has 0 heterocycles. The van der Waals surface area contributed by atoms with E-state index in [0.29, 0.717) is 12.5 Å². The van der Waals surface area contributed by atoms with E-state index in [0.717, 1.165) is 25.0 Å². The predicted molar refractivity (Wildman–Crippen MR) is 79.2 cm³/mol. The Hall–Kier alpha value is -1.18. The van der Waals surface area contributed by atoms with E-state index < -0.39 is 32.2 Å². The first kappa shape index (κ1) is 17.9. The van der Waals surface area contributed by atoms with Crippen LogP contribution in [-0.2, 0) is 10.0 Å². The Balaban J connectivity index is 2.93. The van der Waals surface area contributed by atoms with Crippen LogP contribution in [0.3, 0.4) is 0 Å². The molecule has 1 aromatic carbocycles. The number of amides is 1. The van der Waals surface area contributed by atoms with Gasteiger partial charge in [0.15, 0.2) is 5.82 Å².